The summed E-state index contributed by atoms with van der Waals surface area (Å²) in [5, 5.41) is 17.1. The standard InChI is InChI=1S/C19H26N4O2/c1-14(16-6-3-8-18(12-16)23-11-5-9-20-23)21-19(25)22-10-4-7-17(13-22)15(2)24/h3,5-6,8-9,11-12,14-15,17,24H,4,7,10,13H2,1-2H3,(H,21,25). The van der Waals surface area contributed by atoms with Gasteiger partial charge in [0.05, 0.1) is 17.8 Å². The summed E-state index contributed by atoms with van der Waals surface area (Å²) in [5.41, 5.74) is 2.00. The minimum atomic E-state index is -0.376. The fourth-order valence-corrected chi connectivity index (χ4v) is 3.31. The summed E-state index contributed by atoms with van der Waals surface area (Å²) in [7, 11) is 0. The summed E-state index contributed by atoms with van der Waals surface area (Å²) in [6.07, 6.45) is 5.17. The molecule has 2 aromatic rings. The molecule has 0 saturated carbocycles. The molecule has 6 nitrogen and oxygen atoms in total. The van der Waals surface area contributed by atoms with Gasteiger partial charge >= 0.3 is 6.03 Å². The van der Waals surface area contributed by atoms with Crippen LogP contribution < -0.4 is 5.32 Å². The largest absolute Gasteiger partial charge is 0.393 e. The molecule has 2 N–H and O–H groups in total. The second-order valence-corrected chi connectivity index (χ2v) is 6.81. The minimum absolute atomic E-state index is 0.0673. The van der Waals surface area contributed by atoms with Gasteiger partial charge in [0, 0.05) is 31.4 Å². The van der Waals surface area contributed by atoms with Crippen molar-refractivity contribution in [2.24, 2.45) is 5.92 Å². The molecule has 0 radical (unpaired) electrons. The Kier molecular flexibility index (Phi) is 5.38. The lowest BCUT2D eigenvalue weighted by molar-refractivity contribution is 0.0734. The maximum absolute atomic E-state index is 12.6. The predicted molar refractivity (Wildman–Crippen MR) is 96.5 cm³/mol. The zero-order chi connectivity index (χ0) is 17.8. The van der Waals surface area contributed by atoms with E-state index in [1.54, 1.807) is 17.8 Å². The Morgan fingerprint density at radius 1 is 1.36 bits per heavy atom. The van der Waals surface area contributed by atoms with Crippen LogP contribution in [0, 0.1) is 5.92 Å². The SMILES string of the molecule is CC(NC(=O)N1CCCC(C(C)O)C1)c1cccc(-n2cccn2)c1. The Balaban J connectivity index is 1.64. The molecule has 2 heterocycles. The average molecular weight is 342 g/mol. The highest BCUT2D eigenvalue weighted by Crippen LogP contribution is 2.21. The second-order valence-electron chi connectivity index (χ2n) is 6.81. The van der Waals surface area contributed by atoms with Crippen LogP contribution in [-0.2, 0) is 0 Å². The van der Waals surface area contributed by atoms with Crippen molar-refractivity contribution in [3.05, 3.63) is 48.3 Å². The number of amides is 2. The highest BCUT2D eigenvalue weighted by Gasteiger charge is 2.27. The van der Waals surface area contributed by atoms with E-state index >= 15 is 0 Å². The fraction of sp³-hybridized carbons (Fsp3) is 0.474. The molecule has 0 spiro atoms. The van der Waals surface area contributed by atoms with Gasteiger partial charge in [0.25, 0.3) is 0 Å². The van der Waals surface area contributed by atoms with Crippen LogP contribution >= 0.6 is 0 Å². The summed E-state index contributed by atoms with van der Waals surface area (Å²) >= 11 is 0. The van der Waals surface area contributed by atoms with E-state index in [1.165, 1.54) is 0 Å². The zero-order valence-corrected chi connectivity index (χ0v) is 14.8. The number of rotatable bonds is 4. The maximum atomic E-state index is 12.6. The molecule has 1 aliphatic heterocycles. The van der Waals surface area contributed by atoms with Gasteiger partial charge in [0.2, 0.25) is 0 Å². The van der Waals surface area contributed by atoms with Crippen molar-refractivity contribution in [1.29, 1.82) is 0 Å². The topological polar surface area (TPSA) is 70.4 Å². The molecule has 1 aliphatic rings. The molecule has 2 amide bonds. The molecule has 3 rings (SSSR count). The highest BCUT2D eigenvalue weighted by molar-refractivity contribution is 5.74. The van der Waals surface area contributed by atoms with E-state index in [4.69, 9.17) is 0 Å². The third kappa shape index (κ3) is 4.20. The van der Waals surface area contributed by atoms with Crippen molar-refractivity contribution >= 4 is 6.03 Å². The molecule has 0 bridgehead atoms. The van der Waals surface area contributed by atoms with Crippen LogP contribution in [-0.4, -0.2) is 45.0 Å². The van der Waals surface area contributed by atoms with Crippen LogP contribution in [0.25, 0.3) is 5.69 Å². The van der Waals surface area contributed by atoms with Crippen molar-refractivity contribution in [2.75, 3.05) is 13.1 Å². The van der Waals surface area contributed by atoms with E-state index in [0.717, 1.165) is 30.6 Å². The molecular weight excluding hydrogens is 316 g/mol. The van der Waals surface area contributed by atoms with E-state index in [2.05, 4.69) is 10.4 Å². The number of hydrogen-bond donors (Lipinski definition) is 2. The Hall–Kier alpha value is -2.34. The molecule has 6 heteroatoms. The van der Waals surface area contributed by atoms with Gasteiger partial charge in [-0.05, 0) is 50.5 Å². The number of piperidine rings is 1. The number of aliphatic hydroxyl groups excluding tert-OH is 1. The molecule has 25 heavy (non-hydrogen) atoms. The van der Waals surface area contributed by atoms with Crippen molar-refractivity contribution in [2.45, 2.75) is 38.8 Å². The van der Waals surface area contributed by atoms with E-state index < -0.39 is 0 Å². The first kappa shape index (κ1) is 17.5. The smallest absolute Gasteiger partial charge is 0.317 e. The molecule has 1 aromatic carbocycles. The number of hydrogen-bond acceptors (Lipinski definition) is 3. The third-order valence-electron chi connectivity index (χ3n) is 4.91. The number of carbonyl (C=O) groups excluding carboxylic acids is 1. The van der Waals surface area contributed by atoms with Crippen molar-refractivity contribution in [3.8, 4) is 5.69 Å². The van der Waals surface area contributed by atoms with Crippen LogP contribution in [0.3, 0.4) is 0 Å². The van der Waals surface area contributed by atoms with Crippen molar-refractivity contribution in [3.63, 3.8) is 0 Å². The number of benzene rings is 1. The lowest BCUT2D eigenvalue weighted by atomic mass is 9.94. The Morgan fingerprint density at radius 2 is 2.20 bits per heavy atom. The molecular formula is C19H26N4O2. The molecule has 3 unspecified atom stereocenters. The zero-order valence-electron chi connectivity index (χ0n) is 14.8. The molecule has 1 aromatic heterocycles. The predicted octanol–water partition coefficient (Wildman–Crippen LogP) is 2.74. The molecule has 1 fully saturated rings. The molecule has 3 atom stereocenters. The van der Waals surface area contributed by atoms with Gasteiger partial charge in [-0.25, -0.2) is 9.48 Å². The van der Waals surface area contributed by atoms with E-state index in [-0.39, 0.29) is 24.1 Å². The molecule has 0 aliphatic carbocycles. The van der Waals surface area contributed by atoms with Gasteiger partial charge in [-0.1, -0.05) is 12.1 Å². The monoisotopic (exact) mass is 342 g/mol. The summed E-state index contributed by atoms with van der Waals surface area (Å²) in [6, 6.07) is 9.71. The van der Waals surface area contributed by atoms with Gasteiger partial charge in [0.15, 0.2) is 0 Å². The molecule has 134 valence electrons. The minimum Gasteiger partial charge on any atom is -0.393 e. The number of nitrogens with zero attached hydrogens (tertiary/aromatic N) is 3. The van der Waals surface area contributed by atoms with Gasteiger partial charge < -0.3 is 15.3 Å². The summed E-state index contributed by atoms with van der Waals surface area (Å²) in [4.78, 5) is 14.4. The Morgan fingerprint density at radius 3 is 2.92 bits per heavy atom. The number of carbonyl (C=O) groups is 1. The van der Waals surface area contributed by atoms with Crippen LogP contribution in [0.2, 0.25) is 0 Å². The van der Waals surface area contributed by atoms with Gasteiger partial charge in [0.1, 0.15) is 0 Å². The lowest BCUT2D eigenvalue weighted by Gasteiger charge is -2.34. The normalized spacial score (nSPS) is 20.1. The maximum Gasteiger partial charge on any atom is 0.317 e. The first-order valence-electron chi connectivity index (χ1n) is 8.88. The van der Waals surface area contributed by atoms with E-state index in [0.29, 0.717) is 6.54 Å². The fourth-order valence-electron chi connectivity index (χ4n) is 3.31. The Bertz CT molecular complexity index is 699. The van der Waals surface area contributed by atoms with Crippen molar-refractivity contribution in [1.82, 2.24) is 20.0 Å². The summed E-state index contributed by atoms with van der Waals surface area (Å²) in [5.74, 6) is 0.165. The third-order valence-corrected chi connectivity index (χ3v) is 4.91. The van der Waals surface area contributed by atoms with Gasteiger partial charge in [-0.2, -0.15) is 5.10 Å². The van der Waals surface area contributed by atoms with Crippen LogP contribution in [0.4, 0.5) is 4.79 Å². The van der Waals surface area contributed by atoms with E-state index in [1.807, 2.05) is 48.4 Å². The van der Waals surface area contributed by atoms with Crippen molar-refractivity contribution < 1.29 is 9.90 Å². The Labute approximate surface area is 148 Å². The summed E-state index contributed by atoms with van der Waals surface area (Å²) < 4.78 is 1.80. The number of aliphatic hydroxyl groups is 1. The van der Waals surface area contributed by atoms with Crippen LogP contribution in [0.1, 0.15) is 38.3 Å². The first-order valence-corrected chi connectivity index (χ1v) is 8.88. The van der Waals surface area contributed by atoms with E-state index in [9.17, 15) is 9.90 Å². The van der Waals surface area contributed by atoms with Gasteiger partial charge in [-0.15, -0.1) is 0 Å². The summed E-state index contributed by atoms with van der Waals surface area (Å²) in [6.45, 7) is 5.14. The highest BCUT2D eigenvalue weighted by atomic mass is 16.3. The lowest BCUT2D eigenvalue weighted by Crippen LogP contribution is -2.47. The number of aromatic nitrogens is 2. The quantitative estimate of drug-likeness (QED) is 0.897. The van der Waals surface area contributed by atoms with Crippen LogP contribution in [0.15, 0.2) is 42.7 Å². The second kappa shape index (κ2) is 7.70. The number of urea groups is 1. The molecule has 1 saturated heterocycles. The number of nitrogens with one attached hydrogen (secondary N) is 1. The number of likely N-dealkylation sites (tertiary alicyclic amines) is 1. The average Bonchev–Trinajstić information content (AvgIpc) is 3.16. The first-order chi connectivity index (χ1) is 12.0. The van der Waals surface area contributed by atoms with Crippen LogP contribution in [0.5, 0.6) is 0 Å². The van der Waals surface area contributed by atoms with Gasteiger partial charge in [-0.3, -0.25) is 0 Å².